The number of nitrogens with zero attached hydrogens (tertiary/aromatic N) is 4. The minimum atomic E-state index is -0.0348. The van der Waals surface area contributed by atoms with Gasteiger partial charge in [-0.25, -0.2) is 9.50 Å². The molecule has 0 spiro atoms. The van der Waals surface area contributed by atoms with Crippen LogP contribution in [0.3, 0.4) is 0 Å². The third kappa shape index (κ3) is 3.83. The maximum absolute atomic E-state index is 13.3. The average Bonchev–Trinajstić information content (AvgIpc) is 3.44. The second-order valence-corrected chi connectivity index (χ2v) is 10.0. The molecule has 0 unspecified atom stereocenters. The molecular formula is C23H29N5O2S. The first kappa shape index (κ1) is 20.5. The molecular weight excluding hydrogens is 410 g/mol. The van der Waals surface area contributed by atoms with Gasteiger partial charge in [-0.1, -0.05) is 19.9 Å². The summed E-state index contributed by atoms with van der Waals surface area (Å²) in [5.41, 5.74) is 3.26. The predicted octanol–water partition coefficient (Wildman–Crippen LogP) is 3.35. The van der Waals surface area contributed by atoms with E-state index in [1.807, 2.05) is 24.8 Å². The molecule has 0 radical (unpaired) electrons. The Kier molecular flexibility index (Phi) is 5.44. The zero-order valence-corrected chi connectivity index (χ0v) is 19.0. The highest BCUT2D eigenvalue weighted by atomic mass is 32.1. The quantitative estimate of drug-likeness (QED) is 0.677. The first-order valence-electron chi connectivity index (χ1n) is 11.2. The van der Waals surface area contributed by atoms with Crippen LogP contribution in [-0.2, 0) is 24.3 Å². The zero-order chi connectivity index (χ0) is 21.5. The summed E-state index contributed by atoms with van der Waals surface area (Å²) in [4.78, 5) is 36.5. The van der Waals surface area contributed by atoms with E-state index in [9.17, 15) is 9.59 Å². The van der Waals surface area contributed by atoms with Crippen molar-refractivity contribution in [1.29, 1.82) is 0 Å². The lowest BCUT2D eigenvalue weighted by Gasteiger charge is -2.36. The summed E-state index contributed by atoms with van der Waals surface area (Å²) in [6.07, 6.45) is 3.81. The van der Waals surface area contributed by atoms with Crippen molar-refractivity contribution in [3.05, 3.63) is 55.8 Å². The van der Waals surface area contributed by atoms with E-state index in [1.165, 1.54) is 4.88 Å². The van der Waals surface area contributed by atoms with Crippen molar-refractivity contribution in [3.8, 4) is 0 Å². The van der Waals surface area contributed by atoms with Crippen molar-refractivity contribution >= 4 is 22.9 Å². The molecule has 7 nitrogen and oxygen atoms in total. The van der Waals surface area contributed by atoms with Gasteiger partial charge in [0.05, 0.1) is 23.0 Å². The highest BCUT2D eigenvalue weighted by molar-refractivity contribution is 7.09. The van der Waals surface area contributed by atoms with Crippen LogP contribution in [-0.4, -0.2) is 43.4 Å². The normalized spacial score (nSPS) is 19.8. The lowest BCUT2D eigenvalue weighted by molar-refractivity contribution is -0.138. The molecule has 0 aromatic carbocycles. The Bertz CT molecular complexity index is 1150. The van der Waals surface area contributed by atoms with E-state index in [1.54, 1.807) is 15.9 Å². The van der Waals surface area contributed by atoms with Gasteiger partial charge < -0.3 is 4.90 Å². The smallest absolute Gasteiger partial charge is 0.277 e. The number of carbonyl (C=O) groups excluding carboxylic acids is 1. The van der Waals surface area contributed by atoms with Gasteiger partial charge in [0.2, 0.25) is 5.91 Å². The Labute approximate surface area is 185 Å². The standard InChI is InChI=1S/C23H29N5O2S/c1-15(2)22(29)27-9-4-3-7-20(27)19-12-21-24-18-8-10-26(13-16-6-5-11-31-16)14-17(18)23(30)28(21)25-19/h5-6,11-12,15,20,25H,3-4,7-10,13-14H2,1-2H3/t20-/m1/s1. The van der Waals surface area contributed by atoms with Crippen molar-refractivity contribution < 1.29 is 4.79 Å². The van der Waals surface area contributed by atoms with Crippen LogP contribution in [0.2, 0.25) is 0 Å². The summed E-state index contributed by atoms with van der Waals surface area (Å²) < 4.78 is 1.58. The Balaban J connectivity index is 1.46. The largest absolute Gasteiger partial charge is 0.334 e. The molecule has 164 valence electrons. The van der Waals surface area contributed by atoms with Crippen molar-refractivity contribution in [3.63, 3.8) is 0 Å². The number of H-pyrrole nitrogens is 1. The van der Waals surface area contributed by atoms with E-state index in [4.69, 9.17) is 4.98 Å². The van der Waals surface area contributed by atoms with Crippen molar-refractivity contribution in [2.45, 2.75) is 58.7 Å². The highest BCUT2D eigenvalue weighted by Gasteiger charge is 2.31. The number of rotatable bonds is 4. The van der Waals surface area contributed by atoms with Crippen molar-refractivity contribution in [1.82, 2.24) is 24.4 Å². The summed E-state index contributed by atoms with van der Waals surface area (Å²) in [6.45, 7) is 7.06. The van der Waals surface area contributed by atoms with Crippen LogP contribution in [0.1, 0.15) is 61.0 Å². The molecule has 0 bridgehead atoms. The molecule has 1 fully saturated rings. The van der Waals surface area contributed by atoms with Gasteiger partial charge in [-0.2, -0.15) is 0 Å². The van der Waals surface area contributed by atoms with Gasteiger partial charge >= 0.3 is 0 Å². The molecule has 3 aromatic heterocycles. The number of aromatic nitrogens is 3. The van der Waals surface area contributed by atoms with E-state index in [2.05, 4.69) is 27.5 Å². The van der Waals surface area contributed by atoms with Gasteiger partial charge in [-0.3, -0.25) is 19.6 Å². The predicted molar refractivity (Wildman–Crippen MR) is 121 cm³/mol. The molecule has 8 heteroatoms. The molecule has 1 N–H and O–H groups in total. The molecule has 1 atom stereocenters. The Morgan fingerprint density at radius 1 is 1.32 bits per heavy atom. The SMILES string of the molecule is CC(C)C(=O)N1CCCC[C@@H]1c1cc2nc3c(c(=O)n2[nH]1)CN(Cc1cccs1)CC3. The van der Waals surface area contributed by atoms with Crippen LogP contribution in [0.5, 0.6) is 0 Å². The molecule has 2 aliphatic rings. The average molecular weight is 440 g/mol. The molecule has 1 amide bonds. The fourth-order valence-electron chi connectivity index (χ4n) is 4.83. The first-order valence-corrected chi connectivity index (χ1v) is 12.1. The van der Waals surface area contributed by atoms with Crippen LogP contribution in [0.15, 0.2) is 28.4 Å². The van der Waals surface area contributed by atoms with Crippen molar-refractivity contribution in [2.75, 3.05) is 13.1 Å². The summed E-state index contributed by atoms with van der Waals surface area (Å²) >= 11 is 1.75. The fraction of sp³-hybridized carbons (Fsp3) is 0.522. The van der Waals surface area contributed by atoms with Crippen LogP contribution < -0.4 is 5.56 Å². The van der Waals surface area contributed by atoms with Crippen LogP contribution in [0.4, 0.5) is 0 Å². The van der Waals surface area contributed by atoms with E-state index < -0.39 is 0 Å². The van der Waals surface area contributed by atoms with E-state index in [0.717, 1.165) is 62.3 Å². The topological polar surface area (TPSA) is 73.7 Å². The second-order valence-electron chi connectivity index (χ2n) is 8.99. The van der Waals surface area contributed by atoms with Crippen LogP contribution >= 0.6 is 11.3 Å². The maximum Gasteiger partial charge on any atom is 0.277 e. The van der Waals surface area contributed by atoms with Gasteiger partial charge in [0, 0.05) is 49.5 Å². The third-order valence-electron chi connectivity index (χ3n) is 6.46. The fourth-order valence-corrected chi connectivity index (χ4v) is 5.58. The summed E-state index contributed by atoms with van der Waals surface area (Å²) in [7, 11) is 0. The number of thiophene rings is 1. The number of hydrogen-bond acceptors (Lipinski definition) is 5. The molecule has 31 heavy (non-hydrogen) atoms. The molecule has 0 aliphatic carbocycles. The molecule has 5 heterocycles. The summed E-state index contributed by atoms with van der Waals surface area (Å²) in [6, 6.07) is 6.16. The minimum Gasteiger partial charge on any atom is -0.334 e. The number of likely N-dealkylation sites (tertiary alicyclic amines) is 1. The van der Waals surface area contributed by atoms with Gasteiger partial charge in [-0.15, -0.1) is 11.3 Å². The van der Waals surface area contributed by atoms with E-state index in [-0.39, 0.29) is 23.4 Å². The molecule has 2 aliphatic heterocycles. The molecule has 0 saturated carbocycles. The van der Waals surface area contributed by atoms with E-state index >= 15 is 0 Å². The molecule has 1 saturated heterocycles. The van der Waals surface area contributed by atoms with Crippen LogP contribution in [0, 0.1) is 5.92 Å². The highest BCUT2D eigenvalue weighted by Crippen LogP contribution is 2.32. The minimum absolute atomic E-state index is 0.0142. The number of carbonyl (C=O) groups is 1. The number of amides is 1. The lowest BCUT2D eigenvalue weighted by atomic mass is 9.97. The zero-order valence-electron chi connectivity index (χ0n) is 18.1. The monoisotopic (exact) mass is 439 g/mol. The van der Waals surface area contributed by atoms with Crippen molar-refractivity contribution in [2.24, 2.45) is 5.92 Å². The Hall–Kier alpha value is -2.45. The second kappa shape index (κ2) is 8.24. The number of hydrogen-bond donors (Lipinski definition) is 1. The Morgan fingerprint density at radius 3 is 2.97 bits per heavy atom. The lowest BCUT2D eigenvalue weighted by Crippen LogP contribution is -2.41. The number of aromatic amines is 1. The van der Waals surface area contributed by atoms with Gasteiger partial charge in [0.25, 0.3) is 5.56 Å². The van der Waals surface area contributed by atoms with Gasteiger partial charge in [0.1, 0.15) is 0 Å². The summed E-state index contributed by atoms with van der Waals surface area (Å²) in [5, 5.41) is 5.39. The third-order valence-corrected chi connectivity index (χ3v) is 7.32. The number of fused-ring (bicyclic) bond motifs is 2. The van der Waals surface area contributed by atoms with E-state index in [0.29, 0.717) is 12.2 Å². The number of nitrogens with one attached hydrogen (secondary N) is 1. The van der Waals surface area contributed by atoms with Crippen LogP contribution in [0.25, 0.3) is 5.65 Å². The Morgan fingerprint density at radius 2 is 2.19 bits per heavy atom. The number of piperidine rings is 1. The van der Waals surface area contributed by atoms with Gasteiger partial charge in [-0.05, 0) is 30.7 Å². The maximum atomic E-state index is 13.3. The first-order chi connectivity index (χ1) is 15.0. The van der Waals surface area contributed by atoms with Gasteiger partial charge in [0.15, 0.2) is 5.65 Å². The molecule has 5 rings (SSSR count). The molecule has 3 aromatic rings. The summed E-state index contributed by atoms with van der Waals surface area (Å²) in [5.74, 6) is 0.139.